The van der Waals surface area contributed by atoms with Crippen molar-refractivity contribution in [2.45, 2.75) is 11.0 Å². The van der Waals surface area contributed by atoms with Gasteiger partial charge in [0.1, 0.15) is 5.41 Å². The molecule has 174 valence electrons. The molecule has 2 radical (unpaired) electrons. The number of carbonyl (C=O) groups excluding carboxylic acids is 1. The minimum atomic E-state index is -1.09. The predicted octanol–water partition coefficient (Wildman–Crippen LogP) is 6.97. The maximum absolute atomic E-state index is 14.4. The van der Waals surface area contributed by atoms with Crippen LogP contribution in [0.5, 0.6) is 0 Å². The molecule has 0 aliphatic heterocycles. The van der Waals surface area contributed by atoms with Crippen LogP contribution in [0.25, 0.3) is 0 Å². The van der Waals surface area contributed by atoms with Crippen molar-refractivity contribution in [1.82, 2.24) is 0 Å². The molecule has 0 spiro atoms. The fourth-order valence-corrected chi connectivity index (χ4v) is 5.76. The molecule has 0 aliphatic rings. The highest BCUT2D eigenvalue weighted by atomic mass is 28.2. The zero-order valence-corrected chi connectivity index (χ0v) is 20.8. The Morgan fingerprint density at radius 3 is 1.14 bits per heavy atom. The zero-order chi connectivity index (χ0) is 24.6. The van der Waals surface area contributed by atoms with Crippen LogP contribution >= 0.6 is 0 Å². The largest absolute Gasteiger partial charge is 0.514 e. The quantitative estimate of drug-likeness (QED) is 0.176. The van der Waals surface area contributed by atoms with Crippen LogP contribution in [0.3, 0.4) is 0 Å². The Morgan fingerprint density at radius 2 is 0.806 bits per heavy atom. The van der Waals surface area contributed by atoms with Gasteiger partial charge in [-0.05, 0) is 27.8 Å². The second-order valence-electron chi connectivity index (χ2n) is 8.61. The van der Waals surface area contributed by atoms with Crippen LogP contribution in [0.4, 0.5) is 0 Å². The molecule has 2 nitrogen and oxygen atoms in total. The summed E-state index contributed by atoms with van der Waals surface area (Å²) >= 11 is 0. The van der Waals surface area contributed by atoms with Gasteiger partial charge in [-0.3, -0.25) is 4.79 Å². The van der Waals surface area contributed by atoms with Crippen molar-refractivity contribution in [2.24, 2.45) is 0 Å². The van der Waals surface area contributed by atoms with E-state index in [1.54, 1.807) is 0 Å². The number of hydrogen-bond acceptors (Lipinski definition) is 2. The lowest BCUT2D eigenvalue weighted by Gasteiger charge is -2.34. The van der Waals surface area contributed by atoms with E-state index < -0.39 is 5.41 Å². The summed E-state index contributed by atoms with van der Waals surface area (Å²) in [4.78, 5) is 14.4. The maximum Gasteiger partial charge on any atom is 0.327 e. The van der Waals surface area contributed by atoms with E-state index in [-0.39, 0.29) is 21.3 Å². The first-order chi connectivity index (χ1) is 17.8. The zero-order valence-electron chi connectivity index (χ0n) is 19.8. The van der Waals surface area contributed by atoms with Gasteiger partial charge in [-0.1, -0.05) is 152 Å². The first-order valence-electron chi connectivity index (χ1n) is 12.0. The summed E-state index contributed by atoms with van der Waals surface area (Å²) in [5, 5.41) is 0. The van der Waals surface area contributed by atoms with Crippen molar-refractivity contribution < 1.29 is 9.22 Å². The second kappa shape index (κ2) is 11.0. The average molecular weight is 483 g/mol. The van der Waals surface area contributed by atoms with Crippen LogP contribution in [0.2, 0.25) is 0 Å². The molecule has 0 heterocycles. The predicted molar refractivity (Wildman–Crippen MR) is 146 cm³/mol. The molecule has 0 saturated heterocycles. The lowest BCUT2D eigenvalue weighted by molar-refractivity contribution is -0.138. The van der Waals surface area contributed by atoms with Gasteiger partial charge in [0.25, 0.3) is 0 Å². The Bertz CT molecular complexity index is 1240. The van der Waals surface area contributed by atoms with Crippen LogP contribution in [0, 0.1) is 0 Å². The highest BCUT2D eigenvalue weighted by Crippen LogP contribution is 2.40. The smallest absolute Gasteiger partial charge is 0.327 e. The Labute approximate surface area is 215 Å². The molecule has 3 heteroatoms. The van der Waals surface area contributed by atoms with Gasteiger partial charge in [0.15, 0.2) is 0 Å². The fourth-order valence-electron chi connectivity index (χ4n) is 4.73. The number of benzene rings is 5. The van der Waals surface area contributed by atoms with Crippen molar-refractivity contribution in [3.05, 3.63) is 179 Å². The van der Waals surface area contributed by atoms with Gasteiger partial charge in [-0.15, -0.1) is 0 Å². The molecule has 0 aliphatic carbocycles. The van der Waals surface area contributed by atoms with Crippen LogP contribution in [0.15, 0.2) is 152 Å². The van der Waals surface area contributed by atoms with E-state index in [0.29, 0.717) is 0 Å². The third-order valence-corrected chi connectivity index (χ3v) is 7.67. The number of rotatable bonds is 8. The van der Waals surface area contributed by atoms with Crippen LogP contribution in [0.1, 0.15) is 33.4 Å². The highest BCUT2D eigenvalue weighted by molar-refractivity contribution is 6.35. The lowest BCUT2D eigenvalue weighted by atomic mass is 9.69. The number of carbonyl (C=O) groups is 1. The fraction of sp³-hybridized carbons (Fsp3) is 0.0606. The third kappa shape index (κ3) is 4.66. The van der Waals surface area contributed by atoms with E-state index in [0.717, 1.165) is 27.8 Å². The van der Waals surface area contributed by atoms with Crippen molar-refractivity contribution >= 4 is 15.7 Å². The monoisotopic (exact) mass is 482 g/mol. The van der Waals surface area contributed by atoms with Gasteiger partial charge < -0.3 is 4.43 Å². The topological polar surface area (TPSA) is 26.3 Å². The van der Waals surface area contributed by atoms with Crippen molar-refractivity contribution in [2.75, 3.05) is 0 Å². The summed E-state index contributed by atoms with van der Waals surface area (Å²) in [5.74, 6) is -0.277. The van der Waals surface area contributed by atoms with E-state index in [1.165, 1.54) is 0 Å². The van der Waals surface area contributed by atoms with E-state index in [1.807, 2.05) is 127 Å². The minimum absolute atomic E-state index is 0.0450. The Hall–Kier alpha value is -4.21. The molecule has 5 rings (SSSR count). The Kier molecular flexibility index (Phi) is 7.20. The molecular weight excluding hydrogens is 456 g/mol. The molecule has 0 N–H and O–H groups in total. The summed E-state index contributed by atoms with van der Waals surface area (Å²) in [7, 11) is -0.0828. The van der Waals surface area contributed by atoms with Gasteiger partial charge in [0.2, 0.25) is 0 Å². The van der Waals surface area contributed by atoms with Gasteiger partial charge >= 0.3 is 15.7 Å². The third-order valence-electron chi connectivity index (χ3n) is 6.46. The lowest BCUT2D eigenvalue weighted by Crippen LogP contribution is -2.41. The molecule has 0 saturated carbocycles. The van der Waals surface area contributed by atoms with Crippen molar-refractivity contribution in [3.8, 4) is 0 Å². The molecule has 0 unspecified atom stereocenters. The minimum Gasteiger partial charge on any atom is -0.514 e. The van der Waals surface area contributed by atoms with Crippen LogP contribution < -0.4 is 0 Å². The van der Waals surface area contributed by atoms with Gasteiger partial charge in [0, 0.05) is 5.54 Å². The second-order valence-corrected chi connectivity index (χ2v) is 9.63. The van der Waals surface area contributed by atoms with Gasteiger partial charge in [-0.2, -0.15) is 0 Å². The molecule has 0 aromatic heterocycles. The molecular formula is C33H26O2Si. The van der Waals surface area contributed by atoms with E-state index in [2.05, 4.69) is 24.3 Å². The first kappa shape index (κ1) is 23.5. The van der Waals surface area contributed by atoms with Crippen molar-refractivity contribution in [3.63, 3.8) is 0 Å². The summed E-state index contributed by atoms with van der Waals surface area (Å²) < 4.78 is 6.33. The highest BCUT2D eigenvalue weighted by Gasteiger charge is 2.45. The van der Waals surface area contributed by atoms with Crippen molar-refractivity contribution in [1.29, 1.82) is 0 Å². The molecule has 5 aromatic carbocycles. The van der Waals surface area contributed by atoms with E-state index in [4.69, 9.17) is 4.43 Å². The van der Waals surface area contributed by atoms with E-state index in [9.17, 15) is 4.79 Å². The van der Waals surface area contributed by atoms with Crippen LogP contribution in [-0.2, 0) is 14.6 Å². The summed E-state index contributed by atoms with van der Waals surface area (Å²) in [6.45, 7) is 0. The molecule has 36 heavy (non-hydrogen) atoms. The van der Waals surface area contributed by atoms with Crippen LogP contribution in [-0.4, -0.2) is 15.7 Å². The van der Waals surface area contributed by atoms with Gasteiger partial charge in [-0.25, -0.2) is 0 Å². The molecule has 5 aromatic rings. The molecule has 0 atom stereocenters. The Morgan fingerprint density at radius 1 is 0.500 bits per heavy atom. The molecule has 0 fully saturated rings. The standard InChI is InChI=1S/C33H26O2Si/c34-32(35-36-31(26-16-6-1-7-17-26)27-18-8-2-9-19-27)33(28-20-10-3-11-21-28,29-22-12-4-13-23-29)30-24-14-5-15-25-30/h1-25,31H. The maximum atomic E-state index is 14.4. The summed E-state index contributed by atoms with van der Waals surface area (Å²) in [6, 6.07) is 50.3. The Balaban J connectivity index is 1.60. The van der Waals surface area contributed by atoms with E-state index >= 15 is 0 Å². The first-order valence-corrected chi connectivity index (χ1v) is 13.0. The molecule has 0 bridgehead atoms. The number of hydrogen-bond donors (Lipinski definition) is 0. The molecule has 0 amide bonds. The summed E-state index contributed by atoms with van der Waals surface area (Å²) in [6.07, 6.45) is 0. The SMILES string of the molecule is O=C(O[Si]C(c1ccccc1)c1ccccc1)C(c1ccccc1)(c1ccccc1)c1ccccc1. The summed E-state index contributed by atoms with van der Waals surface area (Å²) in [5.41, 5.74) is 3.76. The normalized spacial score (nSPS) is 11.2. The average Bonchev–Trinajstić information content (AvgIpc) is 2.96. The van der Waals surface area contributed by atoms with Gasteiger partial charge in [0.05, 0.1) is 0 Å².